The molecule has 2 N–H and O–H groups in total. The van der Waals surface area contributed by atoms with Gasteiger partial charge in [0.25, 0.3) is 5.91 Å². The van der Waals surface area contributed by atoms with Gasteiger partial charge in [-0.1, -0.05) is 17.7 Å². The number of thiocarbonyl (C=S) groups is 1. The lowest BCUT2D eigenvalue weighted by Gasteiger charge is -2.33. The molecule has 0 radical (unpaired) electrons. The molecule has 28 heavy (non-hydrogen) atoms. The van der Waals surface area contributed by atoms with Crippen molar-refractivity contribution in [3.8, 4) is 0 Å². The van der Waals surface area contributed by atoms with Crippen LogP contribution in [0, 0.1) is 13.8 Å². The molecule has 6 nitrogen and oxygen atoms in total. The summed E-state index contributed by atoms with van der Waals surface area (Å²) in [5.74, 6) is -0.115. The molecule has 2 aromatic heterocycles. The van der Waals surface area contributed by atoms with Crippen LogP contribution in [0.25, 0.3) is 11.0 Å². The van der Waals surface area contributed by atoms with Gasteiger partial charge in [-0.3, -0.25) is 4.79 Å². The number of pyridine rings is 2. The number of amides is 1. The van der Waals surface area contributed by atoms with Gasteiger partial charge in [-0.05, 0) is 50.3 Å². The smallest absolute Gasteiger partial charge is 0.255 e. The van der Waals surface area contributed by atoms with Crippen LogP contribution in [-0.4, -0.2) is 26.7 Å². The monoisotopic (exact) mass is 387 g/mol. The van der Waals surface area contributed by atoms with Gasteiger partial charge in [0.15, 0.2) is 16.3 Å². The number of aliphatic imine (C=N–C) groups is 1. The Morgan fingerprint density at radius 1 is 1.18 bits per heavy atom. The van der Waals surface area contributed by atoms with E-state index >= 15 is 0 Å². The molecule has 0 saturated heterocycles. The molecule has 0 aliphatic carbocycles. The maximum Gasteiger partial charge on any atom is 0.255 e. The van der Waals surface area contributed by atoms with Crippen LogP contribution in [0.1, 0.15) is 28.8 Å². The largest absolute Gasteiger partial charge is 0.343 e. The Labute approximate surface area is 167 Å². The predicted octanol–water partition coefficient (Wildman–Crippen LogP) is 3.16. The summed E-state index contributed by atoms with van der Waals surface area (Å²) in [5, 5.41) is 7.39. The first-order valence-corrected chi connectivity index (χ1v) is 9.42. The Balaban J connectivity index is 1.66. The van der Waals surface area contributed by atoms with Crippen LogP contribution >= 0.6 is 12.2 Å². The number of anilines is 1. The molecule has 4 heterocycles. The van der Waals surface area contributed by atoms with Crippen molar-refractivity contribution in [3.63, 3.8) is 0 Å². The molecule has 1 aromatic carbocycles. The van der Waals surface area contributed by atoms with Crippen LogP contribution in [0.5, 0.6) is 0 Å². The van der Waals surface area contributed by atoms with Gasteiger partial charge in [0.1, 0.15) is 0 Å². The van der Waals surface area contributed by atoms with Gasteiger partial charge in [-0.25, -0.2) is 15.0 Å². The van der Waals surface area contributed by atoms with Gasteiger partial charge in [0, 0.05) is 40.5 Å². The van der Waals surface area contributed by atoms with Crippen LogP contribution in [0.2, 0.25) is 0 Å². The normalized spacial score (nSPS) is 20.7. The highest BCUT2D eigenvalue weighted by Crippen LogP contribution is 2.41. The molecule has 1 atom stereocenters. The first-order valence-electron chi connectivity index (χ1n) is 9.01. The molecule has 7 heteroatoms. The maximum absolute atomic E-state index is 13.0. The molecule has 2 aliphatic heterocycles. The number of carbonyl (C=O) groups excluding carboxylic acids is 1. The number of hydrogen-bond donors (Lipinski definition) is 2. The standard InChI is InChI=1S/C21H17N5OS/c1-11-5-6-16-15(8-11)21(19(27)24-16)10-17(25-20(28)26-21)14-9-13-4-3-7-22-18(13)23-12(14)2/h3-9H,10H2,1-2H3,(H,24,27)(H,26,28). The number of aryl methyl sites for hydroxylation is 2. The number of fused-ring (bicyclic) bond motifs is 3. The number of benzene rings is 1. The number of hydrogen-bond acceptors (Lipinski definition) is 4. The van der Waals surface area contributed by atoms with E-state index in [0.29, 0.717) is 17.2 Å². The zero-order valence-corrected chi connectivity index (χ0v) is 16.2. The summed E-state index contributed by atoms with van der Waals surface area (Å²) in [4.78, 5) is 26.5. The third-order valence-corrected chi connectivity index (χ3v) is 5.54. The van der Waals surface area contributed by atoms with Crippen molar-refractivity contribution in [3.05, 3.63) is 65.0 Å². The third kappa shape index (κ3) is 2.43. The molecule has 138 valence electrons. The fraction of sp³-hybridized carbons (Fsp3) is 0.190. The Hall–Kier alpha value is -3.19. The summed E-state index contributed by atoms with van der Waals surface area (Å²) in [6, 6.07) is 11.8. The summed E-state index contributed by atoms with van der Waals surface area (Å²) in [6.45, 7) is 3.94. The van der Waals surface area contributed by atoms with Crippen molar-refractivity contribution < 1.29 is 4.79 Å². The number of nitrogens with zero attached hydrogens (tertiary/aromatic N) is 3. The van der Waals surface area contributed by atoms with E-state index in [0.717, 1.165) is 39.2 Å². The quantitative estimate of drug-likeness (QED) is 0.627. The molecule has 3 aromatic rings. The lowest BCUT2D eigenvalue weighted by atomic mass is 9.82. The minimum Gasteiger partial charge on any atom is -0.343 e. The van der Waals surface area contributed by atoms with E-state index in [-0.39, 0.29) is 5.91 Å². The van der Waals surface area contributed by atoms with Gasteiger partial charge < -0.3 is 10.6 Å². The van der Waals surface area contributed by atoms with Crippen LogP contribution < -0.4 is 10.6 Å². The second-order valence-corrected chi connectivity index (χ2v) is 7.63. The SMILES string of the molecule is Cc1ccc2c(c1)C1(CC(c3cc4cccnc4nc3C)=NC(=S)N1)C(=O)N2. The minimum absolute atomic E-state index is 0.115. The van der Waals surface area contributed by atoms with Crippen molar-refractivity contribution in [2.75, 3.05) is 5.32 Å². The van der Waals surface area contributed by atoms with E-state index in [1.165, 1.54) is 0 Å². The van der Waals surface area contributed by atoms with Gasteiger partial charge in [-0.2, -0.15) is 0 Å². The lowest BCUT2D eigenvalue weighted by molar-refractivity contribution is -0.121. The van der Waals surface area contributed by atoms with Crippen LogP contribution in [0.15, 0.2) is 47.6 Å². The van der Waals surface area contributed by atoms with Crippen LogP contribution in [0.4, 0.5) is 5.69 Å². The highest BCUT2D eigenvalue weighted by atomic mass is 32.1. The molecule has 1 spiro atoms. The summed E-state index contributed by atoms with van der Waals surface area (Å²) >= 11 is 5.43. The number of rotatable bonds is 1. The first kappa shape index (κ1) is 16.9. The molecule has 1 unspecified atom stereocenters. The van der Waals surface area contributed by atoms with Gasteiger partial charge in [-0.15, -0.1) is 0 Å². The molecule has 2 aliphatic rings. The molecular weight excluding hydrogens is 370 g/mol. The van der Waals surface area contributed by atoms with E-state index < -0.39 is 5.54 Å². The fourth-order valence-corrected chi connectivity index (χ4v) is 4.27. The summed E-state index contributed by atoms with van der Waals surface area (Å²) in [5.41, 5.74) is 4.99. The Kier molecular flexibility index (Phi) is 3.57. The molecule has 0 fully saturated rings. The Morgan fingerprint density at radius 3 is 2.89 bits per heavy atom. The summed E-state index contributed by atoms with van der Waals surface area (Å²) in [7, 11) is 0. The van der Waals surface area contributed by atoms with Crippen molar-refractivity contribution >= 4 is 45.7 Å². The van der Waals surface area contributed by atoms with Crippen molar-refractivity contribution in [1.29, 1.82) is 0 Å². The highest BCUT2D eigenvalue weighted by molar-refractivity contribution is 7.80. The molecule has 0 saturated carbocycles. The fourth-order valence-electron chi connectivity index (χ4n) is 3.98. The van der Waals surface area contributed by atoms with E-state index in [4.69, 9.17) is 12.2 Å². The summed E-state index contributed by atoms with van der Waals surface area (Å²) < 4.78 is 0. The topological polar surface area (TPSA) is 79.3 Å². The lowest BCUT2D eigenvalue weighted by Crippen LogP contribution is -2.54. The van der Waals surface area contributed by atoms with Gasteiger partial charge in [0.2, 0.25) is 0 Å². The van der Waals surface area contributed by atoms with E-state index in [1.807, 2.05) is 50.2 Å². The van der Waals surface area contributed by atoms with Gasteiger partial charge in [0.05, 0.1) is 5.71 Å². The minimum atomic E-state index is -0.953. The molecule has 1 amide bonds. The van der Waals surface area contributed by atoms with Crippen LogP contribution in [-0.2, 0) is 10.3 Å². The number of aromatic nitrogens is 2. The first-order chi connectivity index (χ1) is 13.5. The van der Waals surface area contributed by atoms with Crippen molar-refractivity contribution in [1.82, 2.24) is 15.3 Å². The molecule has 0 bridgehead atoms. The van der Waals surface area contributed by atoms with Crippen molar-refractivity contribution in [2.24, 2.45) is 4.99 Å². The van der Waals surface area contributed by atoms with Gasteiger partial charge >= 0.3 is 0 Å². The molecule has 5 rings (SSSR count). The van der Waals surface area contributed by atoms with E-state index in [1.54, 1.807) is 6.20 Å². The Bertz CT molecular complexity index is 1220. The highest BCUT2D eigenvalue weighted by Gasteiger charge is 2.50. The zero-order valence-electron chi connectivity index (χ0n) is 15.4. The molecular formula is C21H17N5OS. The van der Waals surface area contributed by atoms with E-state index in [2.05, 4.69) is 25.6 Å². The summed E-state index contributed by atoms with van der Waals surface area (Å²) in [6.07, 6.45) is 2.12. The second kappa shape index (κ2) is 5.90. The number of carbonyl (C=O) groups is 1. The second-order valence-electron chi connectivity index (χ2n) is 7.25. The average molecular weight is 387 g/mol. The van der Waals surface area contributed by atoms with E-state index in [9.17, 15) is 4.79 Å². The predicted molar refractivity (Wildman–Crippen MR) is 113 cm³/mol. The van der Waals surface area contributed by atoms with Crippen molar-refractivity contribution in [2.45, 2.75) is 25.8 Å². The van der Waals surface area contributed by atoms with Crippen LogP contribution in [0.3, 0.4) is 0 Å². The maximum atomic E-state index is 13.0. The third-order valence-electron chi connectivity index (χ3n) is 5.35. The average Bonchev–Trinajstić information content (AvgIpc) is 2.91. The zero-order chi connectivity index (χ0) is 19.5. The Morgan fingerprint density at radius 2 is 2.04 bits per heavy atom. The number of nitrogens with one attached hydrogen (secondary N) is 2.